The van der Waals surface area contributed by atoms with Crippen molar-refractivity contribution < 1.29 is 41.0 Å². The smallest absolute Gasteiger partial charge is 0.434 e. The Bertz CT molecular complexity index is 760. The lowest BCUT2D eigenvalue weighted by Crippen LogP contribution is -2.23. The van der Waals surface area contributed by atoms with Gasteiger partial charge in [-0.3, -0.25) is 0 Å². The number of pyridine rings is 1. The summed E-state index contributed by atoms with van der Waals surface area (Å²) in [7, 11) is 1.68. The molecule has 0 amide bonds. The van der Waals surface area contributed by atoms with E-state index in [1.807, 2.05) is 0 Å². The fourth-order valence-electron chi connectivity index (χ4n) is 2.07. The number of esters is 2. The molecular formula is C15H14F5NO4S2. The van der Waals surface area contributed by atoms with Crippen LogP contribution in [0.25, 0.3) is 6.08 Å². The Balaban J connectivity index is 4.21. The van der Waals surface area contributed by atoms with Gasteiger partial charge in [-0.1, -0.05) is 0 Å². The average molecular weight is 431 g/mol. The SMILES string of the molecule is COC(=O)c1c(C(F)F)nc(C(F)(F)F)c(C(=O)OC)c1C=C(SC)SC. The molecule has 1 aromatic heterocycles. The van der Waals surface area contributed by atoms with E-state index < -0.39 is 52.6 Å². The first-order chi connectivity index (χ1) is 12.5. The Kier molecular flexibility index (Phi) is 8.08. The van der Waals surface area contributed by atoms with Gasteiger partial charge >= 0.3 is 18.1 Å². The second-order valence-electron chi connectivity index (χ2n) is 4.66. The summed E-state index contributed by atoms with van der Waals surface area (Å²) in [5, 5.41) is 0. The van der Waals surface area contributed by atoms with Crippen LogP contribution in [-0.4, -0.2) is 43.7 Å². The van der Waals surface area contributed by atoms with Gasteiger partial charge in [-0.2, -0.15) is 13.2 Å². The standard InChI is InChI=1S/C15H14F5NO4S2/c1-24-13(22)8-6(5-7(26-3)27-4)9(14(23)25-2)11(15(18,19)20)21-10(8)12(16)17/h5,12H,1-4H3. The summed E-state index contributed by atoms with van der Waals surface area (Å²) in [6, 6.07) is 0. The van der Waals surface area contributed by atoms with Crippen molar-refractivity contribution in [3.63, 3.8) is 0 Å². The van der Waals surface area contributed by atoms with Gasteiger partial charge in [0.05, 0.1) is 25.3 Å². The number of rotatable bonds is 6. The van der Waals surface area contributed by atoms with E-state index >= 15 is 0 Å². The third-order valence-corrected chi connectivity index (χ3v) is 5.22. The van der Waals surface area contributed by atoms with Gasteiger partial charge < -0.3 is 9.47 Å². The van der Waals surface area contributed by atoms with Crippen LogP contribution in [0.5, 0.6) is 0 Å². The number of nitrogens with zero attached hydrogens (tertiary/aromatic N) is 1. The van der Waals surface area contributed by atoms with Gasteiger partial charge in [0.2, 0.25) is 0 Å². The highest BCUT2D eigenvalue weighted by molar-refractivity contribution is 8.21. The number of carbonyl (C=O) groups is 2. The third kappa shape index (κ3) is 5.12. The lowest BCUT2D eigenvalue weighted by atomic mass is 9.97. The Morgan fingerprint density at radius 3 is 1.89 bits per heavy atom. The lowest BCUT2D eigenvalue weighted by Gasteiger charge is -2.19. The van der Waals surface area contributed by atoms with Gasteiger partial charge in [0.1, 0.15) is 5.69 Å². The van der Waals surface area contributed by atoms with Crippen LogP contribution in [0.3, 0.4) is 0 Å². The molecule has 0 aliphatic rings. The number of carbonyl (C=O) groups excluding carboxylic acids is 2. The van der Waals surface area contributed by atoms with Crippen LogP contribution in [0.15, 0.2) is 4.24 Å². The molecule has 0 radical (unpaired) electrons. The summed E-state index contributed by atoms with van der Waals surface area (Å²) in [5.41, 5.74) is -6.07. The van der Waals surface area contributed by atoms with Crippen LogP contribution in [0.1, 0.15) is 44.1 Å². The number of hydrogen-bond donors (Lipinski definition) is 0. The molecule has 1 heterocycles. The van der Waals surface area contributed by atoms with Crippen LogP contribution in [0.4, 0.5) is 22.0 Å². The van der Waals surface area contributed by atoms with Crippen molar-refractivity contribution in [2.75, 3.05) is 26.7 Å². The first kappa shape index (κ1) is 23.2. The van der Waals surface area contributed by atoms with Crippen LogP contribution in [0.2, 0.25) is 0 Å². The molecule has 0 aromatic carbocycles. The van der Waals surface area contributed by atoms with Crippen molar-refractivity contribution in [3.05, 3.63) is 32.3 Å². The second kappa shape index (κ2) is 9.40. The highest BCUT2D eigenvalue weighted by Gasteiger charge is 2.42. The minimum atomic E-state index is -5.25. The lowest BCUT2D eigenvalue weighted by molar-refractivity contribution is -0.142. The van der Waals surface area contributed by atoms with Gasteiger partial charge in [-0.05, 0) is 18.6 Å². The Hall–Kier alpha value is -1.82. The molecule has 0 N–H and O–H groups in total. The molecule has 0 spiro atoms. The Morgan fingerprint density at radius 2 is 1.52 bits per heavy atom. The van der Waals surface area contributed by atoms with Crippen LogP contribution in [0, 0.1) is 0 Å². The predicted molar refractivity (Wildman–Crippen MR) is 91.9 cm³/mol. The van der Waals surface area contributed by atoms with E-state index in [9.17, 15) is 31.5 Å². The molecule has 0 aliphatic heterocycles. The van der Waals surface area contributed by atoms with Crippen molar-refractivity contribution in [1.29, 1.82) is 0 Å². The van der Waals surface area contributed by atoms with E-state index in [4.69, 9.17) is 0 Å². The summed E-state index contributed by atoms with van der Waals surface area (Å²) in [4.78, 5) is 27.0. The highest BCUT2D eigenvalue weighted by atomic mass is 32.2. The molecule has 0 fully saturated rings. The van der Waals surface area contributed by atoms with Crippen molar-refractivity contribution in [2.45, 2.75) is 12.6 Å². The summed E-state index contributed by atoms with van der Waals surface area (Å²) >= 11 is 2.16. The minimum absolute atomic E-state index is 0.352. The molecule has 0 saturated heterocycles. The zero-order valence-corrected chi connectivity index (χ0v) is 16.1. The van der Waals surface area contributed by atoms with E-state index in [1.165, 1.54) is 0 Å². The minimum Gasteiger partial charge on any atom is -0.465 e. The zero-order valence-electron chi connectivity index (χ0n) is 14.4. The largest absolute Gasteiger partial charge is 0.465 e. The average Bonchev–Trinajstić information content (AvgIpc) is 2.62. The fraction of sp³-hybridized carbons (Fsp3) is 0.400. The number of halogens is 5. The molecule has 27 heavy (non-hydrogen) atoms. The van der Waals surface area contributed by atoms with Gasteiger partial charge in [-0.25, -0.2) is 23.4 Å². The summed E-state index contributed by atoms with van der Waals surface area (Å²) in [5.74, 6) is -2.84. The van der Waals surface area contributed by atoms with Crippen molar-refractivity contribution in [3.8, 4) is 0 Å². The van der Waals surface area contributed by atoms with Crippen LogP contribution < -0.4 is 0 Å². The monoisotopic (exact) mass is 431 g/mol. The maximum Gasteiger partial charge on any atom is 0.434 e. The first-order valence-electron chi connectivity index (χ1n) is 6.92. The summed E-state index contributed by atoms with van der Waals surface area (Å²) in [6.45, 7) is 0. The van der Waals surface area contributed by atoms with E-state index in [-0.39, 0.29) is 0 Å². The molecule has 5 nitrogen and oxygen atoms in total. The topological polar surface area (TPSA) is 65.5 Å². The molecular weight excluding hydrogens is 417 g/mol. The van der Waals surface area contributed by atoms with Crippen LogP contribution in [-0.2, 0) is 15.7 Å². The van der Waals surface area contributed by atoms with E-state index in [0.717, 1.165) is 43.8 Å². The first-order valence-corrected chi connectivity index (χ1v) is 9.37. The number of alkyl halides is 5. The number of aromatic nitrogens is 1. The number of hydrogen-bond acceptors (Lipinski definition) is 7. The molecule has 0 saturated carbocycles. The van der Waals surface area contributed by atoms with Crippen LogP contribution >= 0.6 is 23.5 Å². The van der Waals surface area contributed by atoms with Crippen molar-refractivity contribution in [2.24, 2.45) is 0 Å². The molecule has 12 heteroatoms. The molecule has 0 bridgehead atoms. The molecule has 0 atom stereocenters. The fourth-order valence-corrected chi connectivity index (χ4v) is 3.21. The summed E-state index contributed by atoms with van der Waals surface area (Å²) < 4.78 is 76.2. The number of methoxy groups -OCH3 is 2. The molecule has 150 valence electrons. The van der Waals surface area contributed by atoms with Crippen molar-refractivity contribution in [1.82, 2.24) is 4.98 Å². The Morgan fingerprint density at radius 1 is 1.04 bits per heavy atom. The van der Waals surface area contributed by atoms with Gasteiger partial charge in [-0.15, -0.1) is 23.5 Å². The highest BCUT2D eigenvalue weighted by Crippen LogP contribution is 2.39. The number of thioether (sulfide) groups is 2. The molecule has 1 aromatic rings. The quantitative estimate of drug-likeness (QED) is 0.480. The van der Waals surface area contributed by atoms with Gasteiger partial charge in [0.15, 0.2) is 5.69 Å². The van der Waals surface area contributed by atoms with E-state index in [2.05, 4.69) is 14.5 Å². The molecule has 0 unspecified atom stereocenters. The zero-order chi connectivity index (χ0) is 20.9. The maximum atomic E-state index is 13.4. The second-order valence-corrected chi connectivity index (χ2v) is 6.62. The van der Waals surface area contributed by atoms with E-state index in [1.54, 1.807) is 12.5 Å². The van der Waals surface area contributed by atoms with Crippen molar-refractivity contribution >= 4 is 41.5 Å². The molecule has 1 rings (SSSR count). The van der Waals surface area contributed by atoms with Gasteiger partial charge in [0, 0.05) is 9.80 Å². The predicted octanol–water partition coefficient (Wildman–Crippen LogP) is 4.64. The van der Waals surface area contributed by atoms with Gasteiger partial charge in [0.25, 0.3) is 6.43 Å². The number of ether oxygens (including phenoxy) is 2. The normalized spacial score (nSPS) is 11.3. The molecule has 0 aliphatic carbocycles. The Labute approximate surface area is 159 Å². The van der Waals surface area contributed by atoms with E-state index in [0.29, 0.717) is 4.24 Å². The third-order valence-electron chi connectivity index (χ3n) is 3.18. The maximum absolute atomic E-state index is 13.4. The summed E-state index contributed by atoms with van der Waals surface area (Å²) in [6.07, 6.45) is -4.58.